The van der Waals surface area contributed by atoms with E-state index in [0.717, 1.165) is 12.0 Å². The van der Waals surface area contributed by atoms with Crippen molar-refractivity contribution < 1.29 is 9.53 Å². The van der Waals surface area contributed by atoms with Crippen molar-refractivity contribution >= 4 is 5.97 Å². The summed E-state index contributed by atoms with van der Waals surface area (Å²) < 4.78 is 4.79. The molecule has 0 aliphatic heterocycles. The molecule has 58 valence electrons. The minimum atomic E-state index is -0.234. The van der Waals surface area contributed by atoms with E-state index in [-0.39, 0.29) is 5.97 Å². The topological polar surface area (TPSA) is 26.3 Å². The predicted molar refractivity (Wildman–Crippen MR) is 40.7 cm³/mol. The van der Waals surface area contributed by atoms with Crippen molar-refractivity contribution in [2.24, 2.45) is 0 Å². The fourth-order valence-corrected chi connectivity index (χ4v) is 0.480. The number of allylic oxidation sites excluding steroid dienone is 1. The molecule has 0 aromatic rings. The van der Waals surface area contributed by atoms with E-state index >= 15 is 0 Å². The highest BCUT2D eigenvalue weighted by Gasteiger charge is 1.94. The minimum absolute atomic E-state index is 0.234. The van der Waals surface area contributed by atoms with Gasteiger partial charge < -0.3 is 4.74 Å². The van der Waals surface area contributed by atoms with Crippen molar-refractivity contribution in [2.45, 2.75) is 27.2 Å². The molecule has 0 aromatic heterocycles. The summed E-state index contributed by atoms with van der Waals surface area (Å²) in [7, 11) is 0. The lowest BCUT2D eigenvalue weighted by Crippen LogP contribution is -2.01. The summed E-state index contributed by atoms with van der Waals surface area (Å²) >= 11 is 0. The van der Waals surface area contributed by atoms with Gasteiger partial charge in [0.2, 0.25) is 0 Å². The maximum absolute atomic E-state index is 10.7. The Kier molecular flexibility index (Phi) is 4.63. The molecule has 0 atom stereocenters. The molecule has 0 bridgehead atoms. The zero-order valence-electron chi connectivity index (χ0n) is 6.81. The molecule has 0 aliphatic carbocycles. The van der Waals surface area contributed by atoms with Gasteiger partial charge in [-0.15, -0.1) is 0 Å². The molecule has 0 radical (unpaired) electrons. The molecule has 0 amide bonds. The van der Waals surface area contributed by atoms with Crippen molar-refractivity contribution in [3.63, 3.8) is 0 Å². The Bertz CT molecular complexity index is 132. The maximum atomic E-state index is 10.7. The van der Waals surface area contributed by atoms with Gasteiger partial charge >= 0.3 is 5.97 Å². The molecule has 0 rings (SSSR count). The van der Waals surface area contributed by atoms with Crippen LogP contribution in [0.5, 0.6) is 0 Å². The Balaban J connectivity index is 3.54. The van der Waals surface area contributed by atoms with Gasteiger partial charge in [0.05, 0.1) is 6.61 Å². The van der Waals surface area contributed by atoms with Gasteiger partial charge in [0.1, 0.15) is 0 Å². The van der Waals surface area contributed by atoms with Gasteiger partial charge in [-0.1, -0.05) is 12.5 Å². The average molecular weight is 142 g/mol. The average Bonchev–Trinajstić information content (AvgIpc) is 1.82. The summed E-state index contributed by atoms with van der Waals surface area (Å²) in [6, 6.07) is 0. The molecule has 0 fully saturated rings. The van der Waals surface area contributed by atoms with E-state index in [4.69, 9.17) is 4.74 Å². The first-order valence-corrected chi connectivity index (χ1v) is 3.48. The van der Waals surface area contributed by atoms with Crippen LogP contribution < -0.4 is 0 Å². The fourth-order valence-electron chi connectivity index (χ4n) is 0.480. The highest BCUT2D eigenvalue weighted by atomic mass is 16.5. The van der Waals surface area contributed by atoms with Gasteiger partial charge in [0, 0.05) is 6.08 Å². The molecule has 0 aromatic carbocycles. The molecule has 0 aliphatic rings. The molecule has 0 N–H and O–H groups in total. The molecule has 0 heterocycles. The summed E-state index contributed by atoms with van der Waals surface area (Å²) in [5, 5.41) is 0. The second-order valence-corrected chi connectivity index (χ2v) is 2.39. The molecule has 10 heavy (non-hydrogen) atoms. The molecule has 2 nitrogen and oxygen atoms in total. The summed E-state index contributed by atoms with van der Waals surface area (Å²) in [4.78, 5) is 10.7. The first-order chi connectivity index (χ1) is 4.66. The van der Waals surface area contributed by atoms with Crippen LogP contribution in [-0.4, -0.2) is 12.6 Å². The van der Waals surface area contributed by atoms with Gasteiger partial charge in [-0.25, -0.2) is 4.79 Å². The summed E-state index contributed by atoms with van der Waals surface area (Å²) in [6.45, 7) is 6.22. The lowest BCUT2D eigenvalue weighted by Gasteiger charge is -1.97. The van der Waals surface area contributed by atoms with E-state index in [1.54, 1.807) is 0 Å². The zero-order chi connectivity index (χ0) is 7.98. The van der Waals surface area contributed by atoms with Crippen LogP contribution in [0.3, 0.4) is 0 Å². The summed E-state index contributed by atoms with van der Waals surface area (Å²) in [5.41, 5.74) is 0.973. The van der Waals surface area contributed by atoms with E-state index in [2.05, 4.69) is 0 Å². The molecular weight excluding hydrogens is 128 g/mol. The number of esters is 1. The second kappa shape index (κ2) is 5.03. The number of rotatable bonds is 3. The van der Waals surface area contributed by atoms with Gasteiger partial charge in [0.15, 0.2) is 0 Å². The van der Waals surface area contributed by atoms with Crippen LogP contribution in [0.25, 0.3) is 0 Å². The van der Waals surface area contributed by atoms with E-state index in [0.29, 0.717) is 6.61 Å². The number of carbonyl (C=O) groups excluding carboxylic acids is 1. The minimum Gasteiger partial charge on any atom is -0.463 e. The van der Waals surface area contributed by atoms with Crippen molar-refractivity contribution in [3.05, 3.63) is 11.6 Å². The molecule has 2 heteroatoms. The van der Waals surface area contributed by atoms with Crippen LogP contribution in [0.2, 0.25) is 0 Å². The number of ether oxygens (including phenoxy) is 1. The molecule has 0 saturated heterocycles. The molecule has 0 unspecified atom stereocenters. The third kappa shape index (κ3) is 5.35. The Morgan fingerprint density at radius 1 is 1.50 bits per heavy atom. The number of hydrogen-bond donors (Lipinski definition) is 0. The molecule has 0 saturated carbocycles. The van der Waals surface area contributed by atoms with Crippen LogP contribution in [-0.2, 0) is 9.53 Å². The summed E-state index contributed by atoms with van der Waals surface area (Å²) in [6.07, 6.45) is 2.37. The first kappa shape index (κ1) is 9.21. The fraction of sp³-hybridized carbons (Fsp3) is 0.625. The standard InChI is InChI=1S/C8H14O2/c1-4-5-10-8(9)6-7(2)3/h6H,4-5H2,1-3H3. The first-order valence-electron chi connectivity index (χ1n) is 3.48. The quantitative estimate of drug-likeness (QED) is 0.444. The lowest BCUT2D eigenvalue weighted by molar-refractivity contribution is -0.137. The monoisotopic (exact) mass is 142 g/mol. The van der Waals surface area contributed by atoms with Gasteiger partial charge in [-0.05, 0) is 20.3 Å². The Labute approximate surface area is 61.9 Å². The number of hydrogen-bond acceptors (Lipinski definition) is 2. The van der Waals surface area contributed by atoms with Crippen LogP contribution in [0.4, 0.5) is 0 Å². The van der Waals surface area contributed by atoms with Crippen LogP contribution >= 0.6 is 0 Å². The van der Waals surface area contributed by atoms with Crippen molar-refractivity contribution in [3.8, 4) is 0 Å². The lowest BCUT2D eigenvalue weighted by atomic mass is 10.3. The van der Waals surface area contributed by atoms with Crippen molar-refractivity contribution in [1.82, 2.24) is 0 Å². The zero-order valence-corrected chi connectivity index (χ0v) is 6.81. The van der Waals surface area contributed by atoms with Gasteiger partial charge in [-0.2, -0.15) is 0 Å². The highest BCUT2D eigenvalue weighted by molar-refractivity contribution is 5.82. The molecular formula is C8H14O2. The summed E-state index contributed by atoms with van der Waals surface area (Å²) in [5.74, 6) is -0.234. The SMILES string of the molecule is CCCOC(=O)C=C(C)C. The number of carbonyl (C=O) groups is 1. The van der Waals surface area contributed by atoms with E-state index in [1.165, 1.54) is 6.08 Å². The van der Waals surface area contributed by atoms with E-state index in [1.807, 2.05) is 20.8 Å². The van der Waals surface area contributed by atoms with Crippen molar-refractivity contribution in [1.29, 1.82) is 0 Å². The smallest absolute Gasteiger partial charge is 0.330 e. The van der Waals surface area contributed by atoms with E-state index < -0.39 is 0 Å². The Hall–Kier alpha value is -0.790. The largest absolute Gasteiger partial charge is 0.463 e. The van der Waals surface area contributed by atoms with Crippen LogP contribution in [0.15, 0.2) is 11.6 Å². The second-order valence-electron chi connectivity index (χ2n) is 2.39. The maximum Gasteiger partial charge on any atom is 0.330 e. The van der Waals surface area contributed by atoms with Gasteiger partial charge in [0.25, 0.3) is 0 Å². The predicted octanol–water partition coefficient (Wildman–Crippen LogP) is 1.91. The highest BCUT2D eigenvalue weighted by Crippen LogP contribution is 1.91. The normalized spacial score (nSPS) is 8.70. The van der Waals surface area contributed by atoms with Crippen LogP contribution in [0.1, 0.15) is 27.2 Å². The third-order valence-electron chi connectivity index (χ3n) is 0.855. The van der Waals surface area contributed by atoms with Crippen molar-refractivity contribution in [2.75, 3.05) is 6.61 Å². The Morgan fingerprint density at radius 2 is 2.10 bits per heavy atom. The van der Waals surface area contributed by atoms with E-state index in [9.17, 15) is 4.79 Å². The third-order valence-corrected chi connectivity index (χ3v) is 0.855. The molecule has 0 spiro atoms. The van der Waals surface area contributed by atoms with Crippen LogP contribution in [0, 0.1) is 0 Å². The Morgan fingerprint density at radius 3 is 2.50 bits per heavy atom. The van der Waals surface area contributed by atoms with Gasteiger partial charge in [-0.3, -0.25) is 0 Å².